The zero-order valence-corrected chi connectivity index (χ0v) is 16.9. The minimum absolute atomic E-state index is 0.190. The summed E-state index contributed by atoms with van der Waals surface area (Å²) < 4.78 is 26.5. The van der Waals surface area contributed by atoms with Gasteiger partial charge in [0, 0.05) is 27.6 Å². The number of aromatic nitrogens is 2. The fourth-order valence-corrected chi connectivity index (χ4v) is 5.37. The van der Waals surface area contributed by atoms with Crippen LogP contribution in [-0.2, 0) is 5.54 Å². The first kappa shape index (κ1) is 18.9. The second-order valence-corrected chi connectivity index (χ2v) is 8.99. The molecule has 0 radical (unpaired) electrons. The summed E-state index contributed by atoms with van der Waals surface area (Å²) in [5.74, 6) is -2.08. The number of aryl methyl sites for hydroxylation is 2. The number of thiophene rings is 1. The van der Waals surface area contributed by atoms with Gasteiger partial charge in [-0.2, -0.15) is 13.8 Å². The van der Waals surface area contributed by atoms with Gasteiger partial charge in [0.1, 0.15) is 5.69 Å². The molecule has 0 unspecified atom stereocenters. The van der Waals surface area contributed by atoms with E-state index in [1.807, 2.05) is 5.38 Å². The van der Waals surface area contributed by atoms with E-state index in [4.69, 9.17) is 0 Å². The molecule has 1 amide bonds. The molecule has 0 bridgehead atoms. The summed E-state index contributed by atoms with van der Waals surface area (Å²) in [5, 5.41) is 8.46. The average molecular weight is 421 g/mol. The number of carbonyl (C=O) groups excluding carboxylic acids is 1. The highest BCUT2D eigenvalue weighted by atomic mass is 32.1. The Hall–Kier alpha value is -2.39. The van der Waals surface area contributed by atoms with Crippen molar-refractivity contribution in [1.29, 1.82) is 0 Å². The van der Waals surface area contributed by atoms with E-state index in [2.05, 4.69) is 33.6 Å². The van der Waals surface area contributed by atoms with Gasteiger partial charge in [-0.15, -0.1) is 22.7 Å². The molecule has 0 saturated heterocycles. The Labute approximate surface area is 168 Å². The summed E-state index contributed by atoms with van der Waals surface area (Å²) in [7, 11) is 0. The SMILES string of the molecule is Cc1ccsc1C1(NC(=O)c2nc(Nc3cc(F)nc(F)c3)sc2C)CCC1. The van der Waals surface area contributed by atoms with Gasteiger partial charge in [-0.1, -0.05) is 0 Å². The maximum Gasteiger partial charge on any atom is 0.271 e. The van der Waals surface area contributed by atoms with Crippen molar-refractivity contribution in [3.05, 3.63) is 56.5 Å². The monoisotopic (exact) mass is 420 g/mol. The average Bonchev–Trinajstić information content (AvgIpc) is 3.16. The van der Waals surface area contributed by atoms with Crippen LogP contribution in [0.2, 0.25) is 0 Å². The number of anilines is 2. The molecule has 1 aliphatic carbocycles. The minimum Gasteiger partial charge on any atom is -0.340 e. The third-order valence-electron chi connectivity index (χ3n) is 4.88. The lowest BCUT2D eigenvalue weighted by Crippen LogP contribution is -2.50. The highest BCUT2D eigenvalue weighted by molar-refractivity contribution is 7.15. The van der Waals surface area contributed by atoms with Crippen molar-refractivity contribution in [3.8, 4) is 0 Å². The number of carbonyl (C=O) groups is 1. The van der Waals surface area contributed by atoms with Gasteiger partial charge in [0.15, 0.2) is 5.13 Å². The predicted molar refractivity (Wildman–Crippen MR) is 106 cm³/mol. The van der Waals surface area contributed by atoms with E-state index in [9.17, 15) is 13.6 Å². The van der Waals surface area contributed by atoms with E-state index in [0.717, 1.165) is 36.3 Å². The molecule has 0 aliphatic heterocycles. The number of rotatable bonds is 5. The number of thiazole rings is 1. The van der Waals surface area contributed by atoms with Crippen molar-refractivity contribution in [3.63, 3.8) is 0 Å². The predicted octanol–water partition coefficient (Wildman–Crippen LogP) is 5.05. The third-order valence-corrected chi connectivity index (χ3v) is 6.99. The third kappa shape index (κ3) is 3.51. The molecule has 28 heavy (non-hydrogen) atoms. The first-order valence-corrected chi connectivity index (χ1v) is 10.5. The molecular weight excluding hydrogens is 402 g/mol. The van der Waals surface area contributed by atoms with E-state index in [1.54, 1.807) is 18.3 Å². The summed E-state index contributed by atoms with van der Waals surface area (Å²) in [6.45, 7) is 3.86. The Morgan fingerprint density at radius 2 is 1.89 bits per heavy atom. The van der Waals surface area contributed by atoms with E-state index < -0.39 is 11.9 Å². The van der Waals surface area contributed by atoms with Gasteiger partial charge in [-0.25, -0.2) is 4.98 Å². The summed E-state index contributed by atoms with van der Waals surface area (Å²) in [4.78, 5) is 22.3. The Kier molecular flexibility index (Phi) is 4.88. The van der Waals surface area contributed by atoms with Crippen molar-refractivity contribution in [2.24, 2.45) is 0 Å². The van der Waals surface area contributed by atoms with Crippen LogP contribution in [0.3, 0.4) is 0 Å². The van der Waals surface area contributed by atoms with Gasteiger partial charge in [0.2, 0.25) is 11.9 Å². The number of nitrogens with one attached hydrogen (secondary N) is 2. The Balaban J connectivity index is 1.55. The summed E-state index contributed by atoms with van der Waals surface area (Å²) >= 11 is 2.92. The molecule has 3 aromatic heterocycles. The molecule has 2 N–H and O–H groups in total. The van der Waals surface area contributed by atoms with Crippen LogP contribution >= 0.6 is 22.7 Å². The van der Waals surface area contributed by atoms with Crippen LogP contribution in [-0.4, -0.2) is 15.9 Å². The molecule has 0 atom stereocenters. The minimum atomic E-state index is -0.924. The van der Waals surface area contributed by atoms with Crippen LogP contribution in [0.15, 0.2) is 23.6 Å². The number of amides is 1. The largest absolute Gasteiger partial charge is 0.340 e. The first-order valence-electron chi connectivity index (χ1n) is 8.81. The van der Waals surface area contributed by atoms with Gasteiger partial charge in [0.25, 0.3) is 5.91 Å². The van der Waals surface area contributed by atoms with Crippen molar-refractivity contribution in [1.82, 2.24) is 15.3 Å². The van der Waals surface area contributed by atoms with Gasteiger partial charge in [0.05, 0.1) is 5.54 Å². The highest BCUT2D eigenvalue weighted by Crippen LogP contribution is 2.45. The highest BCUT2D eigenvalue weighted by Gasteiger charge is 2.42. The van der Waals surface area contributed by atoms with Gasteiger partial charge in [-0.3, -0.25) is 4.79 Å². The van der Waals surface area contributed by atoms with Gasteiger partial charge >= 0.3 is 0 Å². The quantitative estimate of drug-likeness (QED) is 0.567. The zero-order chi connectivity index (χ0) is 19.9. The lowest BCUT2D eigenvalue weighted by Gasteiger charge is -2.42. The maximum absolute atomic E-state index is 13.3. The fourth-order valence-electron chi connectivity index (χ4n) is 3.40. The summed E-state index contributed by atoms with van der Waals surface area (Å²) in [6, 6.07) is 4.21. The molecule has 9 heteroatoms. The van der Waals surface area contributed by atoms with Crippen LogP contribution in [0, 0.1) is 25.7 Å². The molecule has 0 spiro atoms. The van der Waals surface area contributed by atoms with E-state index in [1.165, 1.54) is 21.8 Å². The van der Waals surface area contributed by atoms with Crippen molar-refractivity contribution >= 4 is 39.4 Å². The van der Waals surface area contributed by atoms with Crippen molar-refractivity contribution in [2.45, 2.75) is 38.6 Å². The number of hydrogen-bond donors (Lipinski definition) is 2. The van der Waals surface area contributed by atoms with E-state index in [0.29, 0.717) is 10.8 Å². The second kappa shape index (κ2) is 7.21. The Morgan fingerprint density at radius 1 is 1.18 bits per heavy atom. The fraction of sp³-hybridized carbons (Fsp3) is 0.316. The molecule has 3 heterocycles. The molecule has 4 rings (SSSR count). The summed E-state index contributed by atoms with van der Waals surface area (Å²) in [6.07, 6.45) is 2.88. The van der Waals surface area contributed by atoms with Crippen LogP contribution < -0.4 is 10.6 Å². The maximum atomic E-state index is 13.3. The van der Waals surface area contributed by atoms with Crippen LogP contribution in [0.25, 0.3) is 0 Å². The zero-order valence-electron chi connectivity index (χ0n) is 15.3. The number of hydrogen-bond acceptors (Lipinski definition) is 6. The van der Waals surface area contributed by atoms with Gasteiger partial charge < -0.3 is 10.6 Å². The normalized spacial score (nSPS) is 15.1. The van der Waals surface area contributed by atoms with Crippen LogP contribution in [0.5, 0.6) is 0 Å². The van der Waals surface area contributed by atoms with E-state index in [-0.39, 0.29) is 17.1 Å². The molecule has 3 aromatic rings. The lowest BCUT2D eigenvalue weighted by molar-refractivity contribution is 0.0822. The molecule has 0 aromatic carbocycles. The lowest BCUT2D eigenvalue weighted by atomic mass is 9.74. The molecule has 1 fully saturated rings. The van der Waals surface area contributed by atoms with E-state index >= 15 is 0 Å². The number of halogens is 2. The first-order chi connectivity index (χ1) is 13.4. The van der Waals surface area contributed by atoms with Crippen molar-refractivity contribution < 1.29 is 13.6 Å². The molecular formula is C19H18F2N4OS2. The number of nitrogens with zero attached hydrogens (tertiary/aromatic N) is 2. The molecule has 1 saturated carbocycles. The molecule has 5 nitrogen and oxygen atoms in total. The standard InChI is InChI=1S/C19H18F2N4OS2/c1-10-4-7-27-16(10)19(5-3-6-19)25-17(26)15-11(2)28-18(24-15)22-12-8-13(20)23-14(21)9-12/h4,7-9H,3,5-6H2,1-2H3,(H,25,26)(H,22,23,24). The summed E-state index contributed by atoms with van der Waals surface area (Å²) in [5.41, 5.74) is 1.37. The smallest absolute Gasteiger partial charge is 0.271 e. The van der Waals surface area contributed by atoms with Crippen LogP contribution in [0.1, 0.15) is 45.1 Å². The van der Waals surface area contributed by atoms with Gasteiger partial charge in [-0.05, 0) is 50.1 Å². The second-order valence-electron chi connectivity index (χ2n) is 6.87. The molecule has 1 aliphatic rings. The van der Waals surface area contributed by atoms with Crippen molar-refractivity contribution in [2.75, 3.05) is 5.32 Å². The Morgan fingerprint density at radius 3 is 2.46 bits per heavy atom. The molecule has 146 valence electrons. The number of pyridine rings is 1. The Bertz CT molecular complexity index is 1020. The topological polar surface area (TPSA) is 66.9 Å². The van der Waals surface area contributed by atoms with Crippen LogP contribution in [0.4, 0.5) is 19.6 Å².